The summed E-state index contributed by atoms with van der Waals surface area (Å²) in [5.41, 5.74) is 6.90. The normalized spacial score (nSPS) is 14.8. The number of carbonyl (C=O) groups excluding carboxylic acids is 1. The van der Waals surface area contributed by atoms with Crippen LogP contribution in [0.4, 0.5) is 4.39 Å². The molecule has 0 atom stereocenters. The Labute approximate surface area is 170 Å². The molecule has 2 aromatic carbocycles. The fraction of sp³-hybridized carbons (Fsp3) is 0.292. The molecule has 1 aromatic heterocycles. The van der Waals surface area contributed by atoms with E-state index in [1.165, 1.54) is 28.8 Å². The van der Waals surface area contributed by atoms with E-state index in [9.17, 15) is 9.18 Å². The molecule has 0 spiro atoms. The van der Waals surface area contributed by atoms with Crippen molar-refractivity contribution in [3.8, 4) is 0 Å². The number of amides is 1. The smallest absolute Gasteiger partial charge is 0.224 e. The van der Waals surface area contributed by atoms with Crippen LogP contribution in [0.3, 0.4) is 0 Å². The first-order chi connectivity index (χ1) is 14.0. The molecule has 0 aliphatic carbocycles. The van der Waals surface area contributed by atoms with Crippen LogP contribution in [0.2, 0.25) is 0 Å². The van der Waals surface area contributed by atoms with Crippen molar-refractivity contribution in [3.05, 3.63) is 70.7 Å². The van der Waals surface area contributed by atoms with Gasteiger partial charge < -0.3 is 14.8 Å². The molecule has 1 aliphatic heterocycles. The molecule has 0 fully saturated rings. The number of hydrogen-bond acceptors (Lipinski definition) is 2. The number of halogens is 1. The second-order valence-electron chi connectivity index (χ2n) is 7.80. The van der Waals surface area contributed by atoms with Crippen molar-refractivity contribution in [2.75, 3.05) is 20.6 Å². The number of nitrogens with zero attached hydrogens (tertiary/aromatic N) is 2. The summed E-state index contributed by atoms with van der Waals surface area (Å²) in [5, 5.41) is 3.90. The zero-order chi connectivity index (χ0) is 20.5. The fourth-order valence-electron chi connectivity index (χ4n) is 4.09. The molecule has 1 amide bonds. The maximum absolute atomic E-state index is 13.3. The number of hydrogen-bond donors (Lipinski definition) is 1. The van der Waals surface area contributed by atoms with Crippen LogP contribution in [0, 0.1) is 5.82 Å². The molecule has 0 saturated heterocycles. The van der Waals surface area contributed by atoms with Crippen LogP contribution in [0.15, 0.2) is 42.5 Å². The molecule has 0 radical (unpaired) electrons. The van der Waals surface area contributed by atoms with Crippen molar-refractivity contribution >= 4 is 28.6 Å². The maximum Gasteiger partial charge on any atom is 0.224 e. The molecule has 0 bridgehead atoms. The standard InChI is InChI=1S/C24H26FN3O/c1-16(18-5-7-19(25)8-6-18)14-28-22-9-4-17(13-24(29)26-2)12-20(22)21-15-27(3)11-10-23(21)28/h4-9,12,14H,10-11,13,15H2,1-3H3,(H,26,29)/b16-14+. The molecule has 4 rings (SSSR count). The predicted octanol–water partition coefficient (Wildman–Crippen LogP) is 4.07. The average Bonchev–Trinajstić information content (AvgIpc) is 3.00. The molecule has 0 saturated carbocycles. The minimum absolute atomic E-state index is 0.0156. The van der Waals surface area contributed by atoms with Gasteiger partial charge in [-0.3, -0.25) is 4.79 Å². The van der Waals surface area contributed by atoms with Gasteiger partial charge in [0.1, 0.15) is 5.82 Å². The number of allylic oxidation sites excluding steroid dienone is 1. The summed E-state index contributed by atoms with van der Waals surface area (Å²) in [4.78, 5) is 14.2. The molecule has 2 heterocycles. The van der Waals surface area contributed by atoms with Crippen molar-refractivity contribution < 1.29 is 9.18 Å². The average molecular weight is 391 g/mol. The Bertz CT molecular complexity index is 1100. The van der Waals surface area contributed by atoms with E-state index in [4.69, 9.17) is 0 Å². The summed E-state index contributed by atoms with van der Waals surface area (Å²) in [6.07, 6.45) is 3.50. The van der Waals surface area contributed by atoms with Crippen molar-refractivity contribution in [1.29, 1.82) is 0 Å². The highest BCUT2D eigenvalue weighted by atomic mass is 19.1. The number of aromatic nitrogens is 1. The molecule has 150 valence electrons. The lowest BCUT2D eigenvalue weighted by atomic mass is 10.0. The van der Waals surface area contributed by atoms with Crippen molar-refractivity contribution in [3.63, 3.8) is 0 Å². The molecule has 29 heavy (non-hydrogen) atoms. The van der Waals surface area contributed by atoms with Crippen LogP contribution in [0.1, 0.15) is 29.3 Å². The van der Waals surface area contributed by atoms with E-state index in [1.54, 1.807) is 7.05 Å². The van der Waals surface area contributed by atoms with Gasteiger partial charge in [-0.1, -0.05) is 18.2 Å². The van der Waals surface area contributed by atoms with Crippen LogP contribution in [-0.2, 0) is 24.2 Å². The van der Waals surface area contributed by atoms with E-state index in [2.05, 4.69) is 47.1 Å². The first-order valence-electron chi connectivity index (χ1n) is 9.94. The quantitative estimate of drug-likeness (QED) is 0.728. The fourth-order valence-corrected chi connectivity index (χ4v) is 4.09. The molecule has 3 aromatic rings. The van der Waals surface area contributed by atoms with Crippen molar-refractivity contribution in [2.24, 2.45) is 0 Å². The van der Waals surface area contributed by atoms with Gasteiger partial charge in [-0.15, -0.1) is 0 Å². The SMILES string of the molecule is CNC(=O)Cc1ccc2c(c1)c1c(n2/C=C(\C)c2ccc(F)cc2)CCN(C)C1. The molecule has 0 unspecified atom stereocenters. The highest BCUT2D eigenvalue weighted by Gasteiger charge is 2.22. The van der Waals surface area contributed by atoms with E-state index < -0.39 is 0 Å². The third kappa shape index (κ3) is 3.83. The number of benzene rings is 2. The van der Waals surface area contributed by atoms with E-state index >= 15 is 0 Å². The Balaban J connectivity index is 1.84. The van der Waals surface area contributed by atoms with Gasteiger partial charge in [0.25, 0.3) is 0 Å². The van der Waals surface area contributed by atoms with Gasteiger partial charge in [0, 0.05) is 43.8 Å². The van der Waals surface area contributed by atoms with E-state index in [0.717, 1.165) is 41.7 Å². The van der Waals surface area contributed by atoms with Crippen LogP contribution in [-0.4, -0.2) is 36.0 Å². The Morgan fingerprint density at radius 1 is 1.21 bits per heavy atom. The summed E-state index contributed by atoms with van der Waals surface area (Å²) >= 11 is 0. The monoisotopic (exact) mass is 391 g/mol. The number of rotatable bonds is 4. The van der Waals surface area contributed by atoms with Crippen LogP contribution >= 0.6 is 0 Å². The lowest BCUT2D eigenvalue weighted by molar-refractivity contribution is -0.119. The summed E-state index contributed by atoms with van der Waals surface area (Å²) in [6.45, 7) is 3.96. The van der Waals surface area contributed by atoms with Crippen LogP contribution in [0.5, 0.6) is 0 Å². The van der Waals surface area contributed by atoms with Crippen molar-refractivity contribution in [2.45, 2.75) is 26.3 Å². The molecule has 4 nitrogen and oxygen atoms in total. The molecule has 1 N–H and O–H groups in total. The van der Waals surface area contributed by atoms with Crippen LogP contribution in [0.25, 0.3) is 22.7 Å². The summed E-state index contributed by atoms with van der Waals surface area (Å²) < 4.78 is 15.6. The van der Waals surface area contributed by atoms with E-state index in [-0.39, 0.29) is 11.7 Å². The molecular weight excluding hydrogens is 365 g/mol. The zero-order valence-corrected chi connectivity index (χ0v) is 17.1. The highest BCUT2D eigenvalue weighted by molar-refractivity contribution is 5.91. The van der Waals surface area contributed by atoms with Gasteiger partial charge in [-0.05, 0) is 60.5 Å². The Kier molecular flexibility index (Phi) is 5.24. The first-order valence-corrected chi connectivity index (χ1v) is 9.94. The largest absolute Gasteiger partial charge is 0.359 e. The summed E-state index contributed by atoms with van der Waals surface area (Å²) in [7, 11) is 3.80. The Morgan fingerprint density at radius 3 is 2.69 bits per heavy atom. The Hall–Kier alpha value is -2.92. The van der Waals surface area contributed by atoms with E-state index in [0.29, 0.717) is 6.42 Å². The summed E-state index contributed by atoms with van der Waals surface area (Å²) in [6, 6.07) is 12.9. The second kappa shape index (κ2) is 7.84. The minimum atomic E-state index is -0.225. The minimum Gasteiger partial charge on any atom is -0.359 e. The molecule has 5 heteroatoms. The Morgan fingerprint density at radius 2 is 1.97 bits per heavy atom. The number of fused-ring (bicyclic) bond motifs is 3. The van der Waals surface area contributed by atoms with Gasteiger partial charge in [-0.25, -0.2) is 4.39 Å². The third-order valence-corrected chi connectivity index (χ3v) is 5.71. The van der Waals surface area contributed by atoms with Gasteiger partial charge in [0.05, 0.1) is 11.9 Å². The first kappa shape index (κ1) is 19.4. The van der Waals surface area contributed by atoms with Gasteiger partial charge in [0.15, 0.2) is 0 Å². The molecule has 1 aliphatic rings. The third-order valence-electron chi connectivity index (χ3n) is 5.71. The van der Waals surface area contributed by atoms with Gasteiger partial charge in [0.2, 0.25) is 5.91 Å². The lowest BCUT2D eigenvalue weighted by Crippen LogP contribution is -2.26. The lowest BCUT2D eigenvalue weighted by Gasteiger charge is -2.23. The topological polar surface area (TPSA) is 37.3 Å². The highest BCUT2D eigenvalue weighted by Crippen LogP contribution is 2.33. The van der Waals surface area contributed by atoms with Crippen molar-refractivity contribution in [1.82, 2.24) is 14.8 Å². The van der Waals surface area contributed by atoms with E-state index in [1.807, 2.05) is 18.2 Å². The van der Waals surface area contributed by atoms with Gasteiger partial charge in [-0.2, -0.15) is 0 Å². The van der Waals surface area contributed by atoms with Gasteiger partial charge >= 0.3 is 0 Å². The maximum atomic E-state index is 13.3. The van der Waals surface area contributed by atoms with Crippen LogP contribution < -0.4 is 5.32 Å². The number of likely N-dealkylation sites (N-methyl/N-ethyl adjacent to an activating group) is 2. The zero-order valence-electron chi connectivity index (χ0n) is 17.1. The summed E-state index contributed by atoms with van der Waals surface area (Å²) in [5.74, 6) is -0.209. The second-order valence-corrected chi connectivity index (χ2v) is 7.80. The number of nitrogens with one attached hydrogen (secondary N) is 1. The molecular formula is C24H26FN3O. The predicted molar refractivity (Wildman–Crippen MR) is 116 cm³/mol. The number of carbonyl (C=O) groups is 1.